The summed E-state index contributed by atoms with van der Waals surface area (Å²) in [7, 11) is 3.79. The molecule has 1 aromatic carbocycles. The van der Waals surface area contributed by atoms with Crippen LogP contribution in [0.3, 0.4) is 0 Å². The van der Waals surface area contributed by atoms with Crippen LogP contribution in [-0.4, -0.2) is 51.3 Å². The zero-order valence-electron chi connectivity index (χ0n) is 13.4. The number of nitrogens with zero attached hydrogens (tertiary/aromatic N) is 5. The fraction of sp³-hybridized carbons (Fsp3) is 0.250. The maximum atomic E-state index is 11.2. The molecule has 0 saturated heterocycles. The number of imidazole rings is 1. The Morgan fingerprint density at radius 1 is 1.25 bits per heavy atom. The van der Waals surface area contributed by atoms with E-state index in [1.165, 1.54) is 12.4 Å². The molecule has 0 aliphatic heterocycles. The summed E-state index contributed by atoms with van der Waals surface area (Å²) in [6.45, 7) is 0.797. The molecule has 0 saturated carbocycles. The minimum atomic E-state index is -1.01. The van der Waals surface area contributed by atoms with Gasteiger partial charge in [-0.3, -0.25) is 0 Å². The smallest absolute Gasteiger partial charge is 0.339 e. The molecule has 3 rings (SSSR count). The van der Waals surface area contributed by atoms with Crippen LogP contribution >= 0.6 is 0 Å². The summed E-state index contributed by atoms with van der Waals surface area (Å²) in [5.74, 6) is 0.0796. The van der Waals surface area contributed by atoms with Crippen LogP contribution in [0, 0.1) is 0 Å². The van der Waals surface area contributed by atoms with Crippen molar-refractivity contribution in [2.45, 2.75) is 6.54 Å². The molecule has 3 aromatic rings. The third kappa shape index (κ3) is 2.98. The molecular weight excluding hydrogens is 310 g/mol. The molecule has 8 heteroatoms. The summed E-state index contributed by atoms with van der Waals surface area (Å²) in [6, 6.07) is 6.56. The monoisotopic (exact) mass is 327 g/mol. The Kier molecular flexibility index (Phi) is 4.28. The number of aromatic nitrogens is 4. The van der Waals surface area contributed by atoms with E-state index in [4.69, 9.17) is 9.84 Å². The minimum absolute atomic E-state index is 0.144. The van der Waals surface area contributed by atoms with E-state index in [2.05, 4.69) is 15.0 Å². The Hall–Kier alpha value is -3.16. The standard InChI is InChI=1S/C16H17N5O3/c1-20(2)14-13-15(18-9-17-14)21(10-19-13)7-8-24-12-6-4-3-5-11(12)16(22)23/h3-6,9-10H,7-8H2,1-2H3,(H,22,23). The van der Waals surface area contributed by atoms with E-state index in [0.29, 0.717) is 30.1 Å². The molecule has 0 radical (unpaired) electrons. The van der Waals surface area contributed by atoms with Crippen molar-refractivity contribution >= 4 is 23.0 Å². The first-order valence-corrected chi connectivity index (χ1v) is 7.36. The molecule has 0 unspecified atom stereocenters. The quantitative estimate of drug-likeness (QED) is 0.736. The number of hydrogen-bond donors (Lipinski definition) is 1. The van der Waals surface area contributed by atoms with Gasteiger partial charge in [0.05, 0.1) is 12.9 Å². The molecule has 0 aliphatic rings. The minimum Gasteiger partial charge on any atom is -0.491 e. The van der Waals surface area contributed by atoms with Crippen LogP contribution < -0.4 is 9.64 Å². The normalized spacial score (nSPS) is 10.8. The van der Waals surface area contributed by atoms with Gasteiger partial charge in [-0.25, -0.2) is 19.7 Å². The van der Waals surface area contributed by atoms with Crippen molar-refractivity contribution in [1.29, 1.82) is 0 Å². The van der Waals surface area contributed by atoms with Crippen LogP contribution in [0.25, 0.3) is 11.2 Å². The van der Waals surface area contributed by atoms with Gasteiger partial charge < -0.3 is 19.3 Å². The molecule has 124 valence electrons. The summed E-state index contributed by atoms with van der Waals surface area (Å²) >= 11 is 0. The lowest BCUT2D eigenvalue weighted by Crippen LogP contribution is -2.12. The van der Waals surface area contributed by atoms with Gasteiger partial charge in [0.15, 0.2) is 17.0 Å². The number of ether oxygens (including phenoxy) is 1. The first-order valence-electron chi connectivity index (χ1n) is 7.36. The molecule has 1 N–H and O–H groups in total. The van der Waals surface area contributed by atoms with E-state index < -0.39 is 5.97 Å². The average Bonchev–Trinajstić information content (AvgIpc) is 2.98. The van der Waals surface area contributed by atoms with E-state index in [1.54, 1.807) is 24.5 Å². The number of benzene rings is 1. The van der Waals surface area contributed by atoms with Crippen LogP contribution in [-0.2, 0) is 6.54 Å². The zero-order valence-corrected chi connectivity index (χ0v) is 13.4. The van der Waals surface area contributed by atoms with Crippen LogP contribution in [0.4, 0.5) is 5.82 Å². The molecule has 0 spiro atoms. The fourth-order valence-electron chi connectivity index (χ4n) is 2.38. The molecule has 24 heavy (non-hydrogen) atoms. The summed E-state index contributed by atoms with van der Waals surface area (Å²) in [5.41, 5.74) is 1.57. The highest BCUT2D eigenvalue weighted by Gasteiger charge is 2.13. The highest BCUT2D eigenvalue weighted by molar-refractivity contribution is 5.90. The van der Waals surface area contributed by atoms with Crippen LogP contribution in [0.1, 0.15) is 10.4 Å². The Bertz CT molecular complexity index is 875. The number of para-hydroxylation sites is 1. The van der Waals surface area contributed by atoms with Gasteiger partial charge in [-0.15, -0.1) is 0 Å². The number of aromatic carboxylic acids is 1. The molecule has 0 aliphatic carbocycles. The van der Waals surface area contributed by atoms with Crippen molar-refractivity contribution in [2.75, 3.05) is 25.6 Å². The van der Waals surface area contributed by atoms with Crippen molar-refractivity contribution in [3.63, 3.8) is 0 Å². The number of rotatable bonds is 6. The second-order valence-corrected chi connectivity index (χ2v) is 5.35. The van der Waals surface area contributed by atoms with Gasteiger partial charge in [-0.2, -0.15) is 0 Å². The van der Waals surface area contributed by atoms with E-state index in [-0.39, 0.29) is 5.56 Å². The molecule has 0 bridgehead atoms. The second-order valence-electron chi connectivity index (χ2n) is 5.35. The van der Waals surface area contributed by atoms with Gasteiger partial charge in [0, 0.05) is 14.1 Å². The van der Waals surface area contributed by atoms with E-state index in [9.17, 15) is 4.79 Å². The first kappa shape index (κ1) is 15.7. The summed E-state index contributed by atoms with van der Waals surface area (Å²) in [6.07, 6.45) is 3.18. The maximum absolute atomic E-state index is 11.2. The Morgan fingerprint density at radius 3 is 2.79 bits per heavy atom. The van der Waals surface area contributed by atoms with Gasteiger partial charge in [-0.1, -0.05) is 12.1 Å². The predicted octanol–water partition coefficient (Wildman–Crippen LogP) is 1.67. The Balaban J connectivity index is 1.76. The zero-order chi connectivity index (χ0) is 17.1. The lowest BCUT2D eigenvalue weighted by Gasteiger charge is -2.11. The highest BCUT2D eigenvalue weighted by Crippen LogP contribution is 2.20. The number of carboxylic acid groups (broad SMARTS) is 1. The van der Waals surface area contributed by atoms with Crippen molar-refractivity contribution < 1.29 is 14.6 Å². The van der Waals surface area contributed by atoms with Gasteiger partial charge in [0.1, 0.15) is 24.2 Å². The van der Waals surface area contributed by atoms with Crippen LogP contribution in [0.5, 0.6) is 5.75 Å². The summed E-state index contributed by atoms with van der Waals surface area (Å²) in [5, 5.41) is 9.16. The third-order valence-corrected chi connectivity index (χ3v) is 3.51. The van der Waals surface area contributed by atoms with Gasteiger partial charge in [-0.05, 0) is 12.1 Å². The number of carboxylic acids is 1. The van der Waals surface area contributed by atoms with Gasteiger partial charge in [0.2, 0.25) is 0 Å². The van der Waals surface area contributed by atoms with Gasteiger partial charge in [0.25, 0.3) is 0 Å². The second kappa shape index (κ2) is 6.53. The van der Waals surface area contributed by atoms with E-state index >= 15 is 0 Å². The molecular formula is C16H17N5O3. The maximum Gasteiger partial charge on any atom is 0.339 e. The molecule has 8 nitrogen and oxygen atoms in total. The number of anilines is 1. The molecule has 2 heterocycles. The van der Waals surface area contributed by atoms with Crippen LogP contribution in [0.15, 0.2) is 36.9 Å². The Labute approximate surface area is 138 Å². The summed E-state index contributed by atoms with van der Waals surface area (Å²) < 4.78 is 7.47. The first-order chi connectivity index (χ1) is 11.6. The molecule has 0 fully saturated rings. The number of fused-ring (bicyclic) bond motifs is 1. The van der Waals surface area contributed by atoms with Crippen molar-refractivity contribution in [1.82, 2.24) is 19.5 Å². The van der Waals surface area contributed by atoms with E-state index in [1.807, 2.05) is 23.6 Å². The number of carbonyl (C=O) groups is 1. The lowest BCUT2D eigenvalue weighted by atomic mass is 10.2. The molecule has 0 amide bonds. The highest BCUT2D eigenvalue weighted by atomic mass is 16.5. The largest absolute Gasteiger partial charge is 0.491 e. The van der Waals surface area contributed by atoms with Crippen molar-refractivity contribution in [3.8, 4) is 5.75 Å². The van der Waals surface area contributed by atoms with Crippen molar-refractivity contribution in [3.05, 3.63) is 42.5 Å². The predicted molar refractivity (Wildman–Crippen MR) is 88.5 cm³/mol. The third-order valence-electron chi connectivity index (χ3n) is 3.51. The van der Waals surface area contributed by atoms with Crippen LogP contribution in [0.2, 0.25) is 0 Å². The van der Waals surface area contributed by atoms with E-state index in [0.717, 1.165) is 5.82 Å². The molecule has 2 aromatic heterocycles. The average molecular weight is 327 g/mol. The summed E-state index contributed by atoms with van der Waals surface area (Å²) in [4.78, 5) is 25.9. The number of hydrogen-bond acceptors (Lipinski definition) is 6. The lowest BCUT2D eigenvalue weighted by molar-refractivity contribution is 0.0692. The topological polar surface area (TPSA) is 93.4 Å². The SMILES string of the molecule is CN(C)c1ncnc2c1ncn2CCOc1ccccc1C(=O)O. The van der Waals surface area contributed by atoms with Crippen molar-refractivity contribution in [2.24, 2.45) is 0 Å². The fourth-order valence-corrected chi connectivity index (χ4v) is 2.38. The Morgan fingerprint density at radius 2 is 2.04 bits per heavy atom. The van der Waals surface area contributed by atoms with Gasteiger partial charge >= 0.3 is 5.97 Å². The molecule has 0 atom stereocenters.